The first-order valence-corrected chi connectivity index (χ1v) is 10.8. The van der Waals surface area contributed by atoms with Crippen molar-refractivity contribution in [3.8, 4) is 22.5 Å². The number of rotatable bonds is 3. The molecule has 31 heavy (non-hydrogen) atoms. The Morgan fingerprint density at radius 1 is 1.00 bits per heavy atom. The van der Waals surface area contributed by atoms with Crippen LogP contribution in [0, 0.1) is 5.21 Å². The van der Waals surface area contributed by atoms with E-state index in [-0.39, 0.29) is 0 Å². The van der Waals surface area contributed by atoms with Gasteiger partial charge in [-0.25, -0.2) is 9.97 Å². The van der Waals surface area contributed by atoms with Crippen LogP contribution in [0.2, 0.25) is 5.15 Å². The smallest absolute Gasteiger partial charge is 0.224 e. The van der Waals surface area contributed by atoms with E-state index in [1.807, 2.05) is 66.9 Å². The molecule has 0 saturated heterocycles. The highest BCUT2D eigenvalue weighted by Crippen LogP contribution is 2.39. The molecule has 1 aliphatic rings. The van der Waals surface area contributed by atoms with Crippen molar-refractivity contribution in [1.29, 1.82) is 0 Å². The van der Waals surface area contributed by atoms with Crippen LogP contribution in [0.25, 0.3) is 38.9 Å². The standard InChI is InChI=1S/C25H19ClN4O/c26-24-23-22(28-25(18-7-4-8-18)29(23)14-13-27-24)19-10-9-17-11-12-20(30(31)21(17)15-19)16-5-2-1-3-6-16/h1-3,5-6,9-15,18H,4,7-8H2. The van der Waals surface area contributed by atoms with Crippen molar-refractivity contribution >= 4 is 28.0 Å². The molecule has 6 heteroatoms. The molecule has 1 aliphatic carbocycles. The van der Waals surface area contributed by atoms with E-state index in [1.165, 1.54) is 6.42 Å². The van der Waals surface area contributed by atoms with Crippen LogP contribution in [0.3, 0.4) is 0 Å². The van der Waals surface area contributed by atoms with E-state index in [0.717, 1.165) is 51.1 Å². The van der Waals surface area contributed by atoms with Gasteiger partial charge in [0.1, 0.15) is 11.3 Å². The zero-order valence-electron chi connectivity index (χ0n) is 16.7. The zero-order valence-corrected chi connectivity index (χ0v) is 17.5. The lowest BCUT2D eigenvalue weighted by atomic mass is 9.85. The lowest BCUT2D eigenvalue weighted by Gasteiger charge is -2.23. The highest BCUT2D eigenvalue weighted by atomic mass is 35.5. The Balaban J connectivity index is 1.57. The van der Waals surface area contributed by atoms with Gasteiger partial charge in [-0.15, -0.1) is 0 Å². The molecule has 5 aromatic rings. The highest BCUT2D eigenvalue weighted by Gasteiger charge is 2.27. The Kier molecular flexibility index (Phi) is 4.18. The van der Waals surface area contributed by atoms with E-state index >= 15 is 0 Å². The molecule has 3 heterocycles. The van der Waals surface area contributed by atoms with Crippen LogP contribution >= 0.6 is 11.6 Å². The fourth-order valence-corrected chi connectivity index (χ4v) is 4.61. The van der Waals surface area contributed by atoms with E-state index in [4.69, 9.17) is 16.6 Å². The van der Waals surface area contributed by atoms with Crippen molar-refractivity contribution in [3.05, 3.63) is 89.2 Å². The molecule has 152 valence electrons. The van der Waals surface area contributed by atoms with Gasteiger partial charge in [-0.1, -0.05) is 42.3 Å². The third-order valence-corrected chi connectivity index (χ3v) is 6.52. The molecule has 0 radical (unpaired) electrons. The number of imidazole rings is 1. The molecule has 0 amide bonds. The summed E-state index contributed by atoms with van der Waals surface area (Å²) in [6.45, 7) is 0. The summed E-state index contributed by atoms with van der Waals surface area (Å²) in [4.78, 5) is 9.27. The number of benzene rings is 2. The van der Waals surface area contributed by atoms with Crippen LogP contribution in [0.1, 0.15) is 31.0 Å². The first-order chi connectivity index (χ1) is 15.2. The molecule has 6 rings (SSSR count). The van der Waals surface area contributed by atoms with Crippen LogP contribution in [0.15, 0.2) is 73.1 Å². The van der Waals surface area contributed by atoms with Crippen LogP contribution < -0.4 is 4.73 Å². The normalized spacial score (nSPS) is 14.2. The van der Waals surface area contributed by atoms with Gasteiger partial charge in [-0.2, -0.15) is 4.73 Å². The Morgan fingerprint density at radius 2 is 1.81 bits per heavy atom. The fourth-order valence-electron chi connectivity index (χ4n) is 4.38. The molecule has 0 bridgehead atoms. The molecule has 1 fully saturated rings. The molecule has 5 nitrogen and oxygen atoms in total. The van der Waals surface area contributed by atoms with E-state index in [0.29, 0.717) is 22.3 Å². The van der Waals surface area contributed by atoms with Crippen LogP contribution in [0.5, 0.6) is 0 Å². The summed E-state index contributed by atoms with van der Waals surface area (Å²) in [6.07, 6.45) is 7.13. The second kappa shape index (κ2) is 7.06. The first-order valence-electron chi connectivity index (χ1n) is 10.5. The van der Waals surface area contributed by atoms with E-state index in [9.17, 15) is 5.21 Å². The van der Waals surface area contributed by atoms with Crippen LogP contribution in [0.4, 0.5) is 0 Å². The monoisotopic (exact) mass is 426 g/mol. The van der Waals surface area contributed by atoms with Crippen LogP contribution in [-0.4, -0.2) is 14.4 Å². The average Bonchev–Trinajstić information content (AvgIpc) is 3.14. The minimum Gasteiger partial charge on any atom is -0.618 e. The summed E-state index contributed by atoms with van der Waals surface area (Å²) in [6, 6.07) is 19.4. The summed E-state index contributed by atoms with van der Waals surface area (Å²) < 4.78 is 3.06. The van der Waals surface area contributed by atoms with Gasteiger partial charge in [-0.3, -0.25) is 4.40 Å². The number of aromatic nitrogens is 4. The maximum Gasteiger partial charge on any atom is 0.224 e. The molecule has 0 N–H and O–H groups in total. The third-order valence-electron chi connectivity index (χ3n) is 6.24. The second-order valence-electron chi connectivity index (χ2n) is 8.04. The van der Waals surface area contributed by atoms with Gasteiger partial charge in [0.15, 0.2) is 5.15 Å². The zero-order chi connectivity index (χ0) is 20.9. The predicted molar refractivity (Wildman–Crippen MR) is 122 cm³/mol. The number of halogens is 1. The van der Waals surface area contributed by atoms with Gasteiger partial charge in [0.2, 0.25) is 11.2 Å². The SMILES string of the molecule is [O-][n+]1c(-c2ccccc2)ccc2ccc(-c3nc(C4CCC4)n4ccnc(Cl)c34)cc21. The Morgan fingerprint density at radius 3 is 2.58 bits per heavy atom. The van der Waals surface area contributed by atoms with Crippen molar-refractivity contribution in [2.45, 2.75) is 25.2 Å². The molecular formula is C25H19ClN4O. The maximum absolute atomic E-state index is 13.3. The van der Waals surface area contributed by atoms with Crippen molar-refractivity contribution in [2.24, 2.45) is 0 Å². The topological polar surface area (TPSA) is 57.1 Å². The average molecular weight is 427 g/mol. The number of pyridine rings is 1. The quantitative estimate of drug-likeness (QED) is 0.272. The second-order valence-corrected chi connectivity index (χ2v) is 8.39. The van der Waals surface area contributed by atoms with Crippen molar-refractivity contribution in [3.63, 3.8) is 0 Å². The first kappa shape index (κ1) is 18.3. The number of fused-ring (bicyclic) bond motifs is 2. The van der Waals surface area contributed by atoms with Gasteiger partial charge >= 0.3 is 0 Å². The van der Waals surface area contributed by atoms with Crippen LogP contribution in [-0.2, 0) is 0 Å². The summed E-state index contributed by atoms with van der Waals surface area (Å²) in [5.74, 6) is 1.46. The Bertz CT molecular complexity index is 1440. The fraction of sp³-hybridized carbons (Fsp3) is 0.160. The molecule has 2 aromatic carbocycles. The van der Waals surface area contributed by atoms with Gasteiger partial charge in [0, 0.05) is 47.0 Å². The number of hydrogen-bond acceptors (Lipinski definition) is 3. The molecule has 0 aliphatic heterocycles. The maximum atomic E-state index is 13.3. The Hall–Kier alpha value is -3.44. The largest absolute Gasteiger partial charge is 0.618 e. The lowest BCUT2D eigenvalue weighted by Crippen LogP contribution is -2.30. The molecule has 1 saturated carbocycles. The van der Waals surface area contributed by atoms with Gasteiger partial charge in [-0.05, 0) is 37.1 Å². The summed E-state index contributed by atoms with van der Waals surface area (Å²) >= 11 is 6.51. The van der Waals surface area contributed by atoms with E-state index < -0.39 is 0 Å². The predicted octanol–water partition coefficient (Wildman–Crippen LogP) is 5.77. The molecule has 3 aromatic heterocycles. The van der Waals surface area contributed by atoms with Gasteiger partial charge < -0.3 is 5.21 Å². The van der Waals surface area contributed by atoms with Gasteiger partial charge in [0.25, 0.3) is 0 Å². The highest BCUT2D eigenvalue weighted by molar-refractivity contribution is 6.33. The molecule has 0 atom stereocenters. The molecular weight excluding hydrogens is 408 g/mol. The van der Waals surface area contributed by atoms with E-state index in [1.54, 1.807) is 6.20 Å². The summed E-state index contributed by atoms with van der Waals surface area (Å²) in [5, 5.41) is 14.6. The Labute approximate surface area is 184 Å². The number of hydrogen-bond donors (Lipinski definition) is 0. The minimum atomic E-state index is 0.420. The third kappa shape index (κ3) is 2.88. The molecule has 0 spiro atoms. The van der Waals surface area contributed by atoms with Gasteiger partial charge in [0.05, 0.1) is 5.69 Å². The number of nitrogens with zero attached hydrogens (tertiary/aromatic N) is 4. The summed E-state index contributed by atoms with van der Waals surface area (Å²) in [5.41, 5.74) is 4.53. The van der Waals surface area contributed by atoms with Crippen molar-refractivity contribution in [1.82, 2.24) is 14.4 Å². The van der Waals surface area contributed by atoms with Crippen molar-refractivity contribution in [2.75, 3.05) is 0 Å². The lowest BCUT2D eigenvalue weighted by molar-refractivity contribution is -0.565. The van der Waals surface area contributed by atoms with Crippen molar-refractivity contribution < 1.29 is 4.73 Å². The molecule has 0 unspecified atom stereocenters. The van der Waals surface area contributed by atoms with E-state index in [2.05, 4.69) is 9.38 Å². The summed E-state index contributed by atoms with van der Waals surface area (Å²) in [7, 11) is 0. The minimum absolute atomic E-state index is 0.420.